The molecule has 1 fully saturated rings. The number of nitrogens with zero attached hydrogens (tertiary/aromatic N) is 1. The van der Waals surface area contributed by atoms with E-state index in [1.165, 1.54) is 12.8 Å². The number of piperidine rings is 1. The van der Waals surface area contributed by atoms with Gasteiger partial charge < -0.3 is 10.6 Å². The second kappa shape index (κ2) is 9.35. The maximum absolute atomic E-state index is 11.9. The van der Waals surface area contributed by atoms with Crippen LogP contribution in [-0.2, 0) is 4.79 Å². The Morgan fingerprint density at radius 1 is 1.30 bits per heavy atom. The Hall–Kier alpha value is -0.610. The Bertz CT molecular complexity index is 279. The lowest BCUT2D eigenvalue weighted by molar-refractivity contribution is -0.122. The van der Waals surface area contributed by atoms with E-state index in [1.807, 2.05) is 0 Å². The molecule has 0 radical (unpaired) electrons. The molecule has 118 valence electrons. The van der Waals surface area contributed by atoms with Gasteiger partial charge in [-0.05, 0) is 44.2 Å². The number of hydrogen-bond donors (Lipinski definition) is 2. The molecule has 1 amide bonds. The van der Waals surface area contributed by atoms with Crippen molar-refractivity contribution in [1.82, 2.24) is 15.5 Å². The van der Waals surface area contributed by atoms with E-state index in [1.54, 1.807) is 0 Å². The Balaban J connectivity index is 2.20. The molecule has 0 aromatic rings. The molecule has 0 aromatic heterocycles. The van der Waals surface area contributed by atoms with E-state index in [0.29, 0.717) is 24.4 Å². The molecular weight excluding hydrogens is 250 g/mol. The van der Waals surface area contributed by atoms with Crippen molar-refractivity contribution in [3.8, 4) is 0 Å². The normalized spacial score (nSPS) is 20.6. The summed E-state index contributed by atoms with van der Waals surface area (Å²) < 4.78 is 0. The minimum Gasteiger partial charge on any atom is -0.355 e. The average Bonchev–Trinajstić information content (AvgIpc) is 2.36. The minimum atomic E-state index is 0.183. The van der Waals surface area contributed by atoms with E-state index in [0.717, 1.165) is 32.6 Å². The second-order valence-electron chi connectivity index (χ2n) is 6.84. The molecule has 1 aliphatic rings. The molecular formula is C16H33N3O. The van der Waals surface area contributed by atoms with Gasteiger partial charge in [-0.25, -0.2) is 0 Å². The summed E-state index contributed by atoms with van der Waals surface area (Å²) in [6.45, 7) is 13.3. The summed E-state index contributed by atoms with van der Waals surface area (Å²) in [4.78, 5) is 14.2. The molecule has 1 atom stereocenters. The van der Waals surface area contributed by atoms with Gasteiger partial charge in [-0.15, -0.1) is 0 Å². The minimum absolute atomic E-state index is 0.183. The predicted octanol–water partition coefficient (Wildman–Crippen LogP) is 1.86. The maximum atomic E-state index is 11.9. The van der Waals surface area contributed by atoms with Gasteiger partial charge in [0.15, 0.2) is 0 Å². The quantitative estimate of drug-likeness (QED) is 0.714. The van der Waals surface area contributed by atoms with E-state index in [9.17, 15) is 4.79 Å². The van der Waals surface area contributed by atoms with Crippen LogP contribution in [0, 0.1) is 11.8 Å². The molecule has 20 heavy (non-hydrogen) atoms. The standard InChI is InChI=1S/C16H33N3O/c1-13(2)7-8-17-16(20)12-19-9-5-6-15(11-19)10-18-14(3)4/h13-15,18H,5-12H2,1-4H3,(H,17,20). The molecule has 2 N–H and O–H groups in total. The summed E-state index contributed by atoms with van der Waals surface area (Å²) in [5.74, 6) is 1.52. The number of rotatable bonds is 8. The van der Waals surface area contributed by atoms with Gasteiger partial charge in [-0.3, -0.25) is 9.69 Å². The highest BCUT2D eigenvalue weighted by atomic mass is 16.2. The van der Waals surface area contributed by atoms with Crippen LogP contribution in [0.1, 0.15) is 47.0 Å². The van der Waals surface area contributed by atoms with Crippen molar-refractivity contribution in [1.29, 1.82) is 0 Å². The highest BCUT2D eigenvalue weighted by Crippen LogP contribution is 2.15. The second-order valence-corrected chi connectivity index (χ2v) is 6.84. The first-order chi connectivity index (χ1) is 9.47. The van der Waals surface area contributed by atoms with Crippen LogP contribution in [0.5, 0.6) is 0 Å². The molecule has 0 aliphatic carbocycles. The molecule has 0 spiro atoms. The van der Waals surface area contributed by atoms with Crippen molar-refractivity contribution < 1.29 is 4.79 Å². The lowest BCUT2D eigenvalue weighted by atomic mass is 9.97. The van der Waals surface area contributed by atoms with Crippen LogP contribution in [0.3, 0.4) is 0 Å². The van der Waals surface area contributed by atoms with Crippen LogP contribution in [0.25, 0.3) is 0 Å². The fourth-order valence-corrected chi connectivity index (χ4v) is 2.62. The number of hydrogen-bond acceptors (Lipinski definition) is 3. The van der Waals surface area contributed by atoms with Crippen LogP contribution in [0.4, 0.5) is 0 Å². The number of likely N-dealkylation sites (tertiary alicyclic amines) is 1. The van der Waals surface area contributed by atoms with E-state index < -0.39 is 0 Å². The van der Waals surface area contributed by atoms with Gasteiger partial charge in [-0.1, -0.05) is 27.7 Å². The Morgan fingerprint density at radius 2 is 2.05 bits per heavy atom. The fraction of sp³-hybridized carbons (Fsp3) is 0.938. The molecule has 0 saturated carbocycles. The molecule has 1 heterocycles. The number of amides is 1. The van der Waals surface area contributed by atoms with Crippen molar-refractivity contribution in [2.75, 3.05) is 32.7 Å². The van der Waals surface area contributed by atoms with Gasteiger partial charge in [0.2, 0.25) is 5.91 Å². The maximum Gasteiger partial charge on any atom is 0.234 e. The lowest BCUT2D eigenvalue weighted by Crippen LogP contribution is -2.45. The summed E-state index contributed by atoms with van der Waals surface area (Å²) in [5, 5.41) is 6.54. The summed E-state index contributed by atoms with van der Waals surface area (Å²) in [6.07, 6.45) is 3.56. The van der Waals surface area contributed by atoms with Crippen LogP contribution in [0.15, 0.2) is 0 Å². The van der Waals surface area contributed by atoms with E-state index in [4.69, 9.17) is 0 Å². The molecule has 1 rings (SSSR count). The Kier molecular flexibility index (Phi) is 8.15. The van der Waals surface area contributed by atoms with Crippen molar-refractivity contribution in [3.05, 3.63) is 0 Å². The summed E-state index contributed by atoms with van der Waals surface area (Å²) >= 11 is 0. The van der Waals surface area contributed by atoms with Gasteiger partial charge in [0.1, 0.15) is 0 Å². The van der Waals surface area contributed by atoms with Gasteiger partial charge >= 0.3 is 0 Å². The highest BCUT2D eigenvalue weighted by Gasteiger charge is 2.21. The summed E-state index contributed by atoms with van der Waals surface area (Å²) in [7, 11) is 0. The highest BCUT2D eigenvalue weighted by molar-refractivity contribution is 5.77. The first kappa shape index (κ1) is 17.4. The number of nitrogens with one attached hydrogen (secondary N) is 2. The SMILES string of the molecule is CC(C)CCNC(=O)CN1CCCC(CNC(C)C)C1. The third-order valence-electron chi connectivity index (χ3n) is 3.83. The van der Waals surface area contributed by atoms with Crippen LogP contribution >= 0.6 is 0 Å². The van der Waals surface area contributed by atoms with E-state index >= 15 is 0 Å². The van der Waals surface area contributed by atoms with E-state index in [2.05, 4.69) is 43.2 Å². The zero-order valence-corrected chi connectivity index (χ0v) is 13.7. The Morgan fingerprint density at radius 3 is 2.70 bits per heavy atom. The number of carbonyl (C=O) groups excluding carboxylic acids is 1. The van der Waals surface area contributed by atoms with Crippen molar-refractivity contribution in [3.63, 3.8) is 0 Å². The van der Waals surface area contributed by atoms with Gasteiger partial charge in [0.25, 0.3) is 0 Å². The Labute approximate surface area is 124 Å². The van der Waals surface area contributed by atoms with Crippen LogP contribution < -0.4 is 10.6 Å². The van der Waals surface area contributed by atoms with Gasteiger partial charge in [0.05, 0.1) is 6.54 Å². The lowest BCUT2D eigenvalue weighted by Gasteiger charge is -2.32. The van der Waals surface area contributed by atoms with Crippen molar-refractivity contribution in [2.24, 2.45) is 11.8 Å². The first-order valence-electron chi connectivity index (χ1n) is 8.19. The molecule has 1 aliphatic heterocycles. The molecule has 0 bridgehead atoms. The van der Waals surface area contributed by atoms with Crippen molar-refractivity contribution in [2.45, 2.75) is 53.0 Å². The van der Waals surface area contributed by atoms with Crippen molar-refractivity contribution >= 4 is 5.91 Å². The summed E-state index contributed by atoms with van der Waals surface area (Å²) in [6, 6.07) is 0.546. The predicted molar refractivity (Wildman–Crippen MR) is 84.8 cm³/mol. The monoisotopic (exact) mass is 283 g/mol. The third-order valence-corrected chi connectivity index (χ3v) is 3.83. The van der Waals surface area contributed by atoms with Gasteiger partial charge in [0, 0.05) is 19.1 Å². The van der Waals surface area contributed by atoms with Crippen LogP contribution in [0.2, 0.25) is 0 Å². The average molecular weight is 283 g/mol. The van der Waals surface area contributed by atoms with E-state index in [-0.39, 0.29) is 5.91 Å². The topological polar surface area (TPSA) is 44.4 Å². The third kappa shape index (κ3) is 7.85. The zero-order valence-electron chi connectivity index (χ0n) is 13.7. The fourth-order valence-electron chi connectivity index (χ4n) is 2.62. The number of carbonyl (C=O) groups is 1. The molecule has 4 heteroatoms. The van der Waals surface area contributed by atoms with Crippen LogP contribution in [-0.4, -0.2) is 49.6 Å². The first-order valence-corrected chi connectivity index (χ1v) is 8.19. The largest absolute Gasteiger partial charge is 0.355 e. The smallest absolute Gasteiger partial charge is 0.234 e. The summed E-state index contributed by atoms with van der Waals surface area (Å²) in [5.41, 5.74) is 0. The molecule has 0 aromatic carbocycles. The molecule has 1 saturated heterocycles. The molecule has 1 unspecified atom stereocenters. The molecule has 4 nitrogen and oxygen atoms in total. The zero-order chi connectivity index (χ0) is 15.0. The van der Waals surface area contributed by atoms with Gasteiger partial charge in [-0.2, -0.15) is 0 Å².